The van der Waals surface area contributed by atoms with Crippen molar-refractivity contribution in [1.82, 2.24) is 4.57 Å². The summed E-state index contributed by atoms with van der Waals surface area (Å²) in [7, 11) is 0. The van der Waals surface area contributed by atoms with Crippen LogP contribution < -0.4 is 14.9 Å². The van der Waals surface area contributed by atoms with Gasteiger partial charge in [0.25, 0.3) is 5.56 Å². The lowest BCUT2D eigenvalue weighted by Crippen LogP contribution is -2.40. The quantitative estimate of drug-likeness (QED) is 0.252. The van der Waals surface area contributed by atoms with Gasteiger partial charge in [0, 0.05) is 16.7 Å². The zero-order valence-corrected chi connectivity index (χ0v) is 25.3. The fourth-order valence-electron chi connectivity index (χ4n) is 4.68. The van der Waals surface area contributed by atoms with E-state index in [-0.39, 0.29) is 23.3 Å². The fraction of sp³-hybridized carbons (Fsp3) is 0.250. The van der Waals surface area contributed by atoms with Gasteiger partial charge in [-0.3, -0.25) is 9.36 Å². The van der Waals surface area contributed by atoms with Gasteiger partial charge in [-0.25, -0.2) is 14.6 Å². The molecule has 0 N–H and O–H groups in total. The van der Waals surface area contributed by atoms with Crippen molar-refractivity contribution in [3.05, 3.63) is 114 Å². The van der Waals surface area contributed by atoms with Crippen molar-refractivity contribution in [2.24, 2.45) is 4.99 Å². The standard InChI is InChI=1S/C32H29ClN2O6S/c1-17(2)39-30(37)24-9-7-6-8-23(24)25-15-14-22(41-25)16-26-29(36)35-28(20-10-12-21(33)13-11-20)27(31(38)40-18(3)4)19(5)34-32(35)42-26/h6-18,28H,1-5H3. The largest absolute Gasteiger partial charge is 0.459 e. The first-order valence-electron chi connectivity index (χ1n) is 13.4. The van der Waals surface area contributed by atoms with Crippen LogP contribution in [0.15, 0.2) is 86.1 Å². The SMILES string of the molecule is CC1=C(C(=O)OC(C)C)C(c2ccc(Cl)cc2)n2c(sc(=Cc3ccc(-c4ccccc4C(=O)OC(C)C)o3)c2=O)=N1. The van der Waals surface area contributed by atoms with E-state index < -0.39 is 18.0 Å². The fourth-order valence-corrected chi connectivity index (χ4v) is 5.83. The second-order valence-electron chi connectivity index (χ2n) is 10.3. The average molecular weight is 605 g/mol. The lowest BCUT2D eigenvalue weighted by Gasteiger charge is -2.25. The predicted molar refractivity (Wildman–Crippen MR) is 161 cm³/mol. The van der Waals surface area contributed by atoms with E-state index in [1.54, 1.807) is 95.3 Å². The van der Waals surface area contributed by atoms with Crippen LogP contribution >= 0.6 is 22.9 Å². The zero-order valence-electron chi connectivity index (χ0n) is 23.7. The molecule has 2 aromatic heterocycles. The van der Waals surface area contributed by atoms with Crippen molar-refractivity contribution < 1.29 is 23.5 Å². The Kier molecular flexibility index (Phi) is 8.34. The van der Waals surface area contributed by atoms with Crippen LogP contribution in [0.25, 0.3) is 17.4 Å². The first kappa shape index (κ1) is 29.3. The molecule has 0 saturated heterocycles. The first-order chi connectivity index (χ1) is 20.0. The molecule has 2 aromatic carbocycles. The number of carbonyl (C=O) groups excluding carboxylic acids is 2. The molecular formula is C32H29ClN2O6S. The Morgan fingerprint density at radius 2 is 1.64 bits per heavy atom. The molecule has 1 aliphatic rings. The highest BCUT2D eigenvalue weighted by atomic mass is 35.5. The molecule has 8 nitrogen and oxygen atoms in total. The van der Waals surface area contributed by atoms with Crippen molar-refractivity contribution in [1.29, 1.82) is 0 Å². The molecule has 10 heteroatoms. The lowest BCUT2D eigenvalue weighted by molar-refractivity contribution is -0.143. The maximum absolute atomic E-state index is 13.9. The molecule has 0 spiro atoms. The molecule has 1 aliphatic heterocycles. The number of hydrogen-bond acceptors (Lipinski definition) is 8. The minimum absolute atomic E-state index is 0.267. The van der Waals surface area contributed by atoms with E-state index >= 15 is 0 Å². The highest BCUT2D eigenvalue weighted by Gasteiger charge is 2.33. The normalized spacial score (nSPS) is 15.1. The molecule has 0 fully saturated rings. The van der Waals surface area contributed by atoms with E-state index in [4.69, 9.17) is 25.5 Å². The lowest BCUT2D eigenvalue weighted by atomic mass is 9.96. The smallest absolute Gasteiger partial charge is 0.339 e. The maximum Gasteiger partial charge on any atom is 0.339 e. The summed E-state index contributed by atoms with van der Waals surface area (Å²) in [5.41, 5.74) is 2.08. The van der Waals surface area contributed by atoms with Gasteiger partial charge in [-0.1, -0.05) is 53.3 Å². The number of hydrogen-bond donors (Lipinski definition) is 0. The number of nitrogens with zero attached hydrogens (tertiary/aromatic N) is 2. The molecule has 216 valence electrons. The van der Waals surface area contributed by atoms with E-state index in [9.17, 15) is 14.4 Å². The third-order valence-electron chi connectivity index (χ3n) is 6.43. The Hall–Kier alpha value is -4.21. The summed E-state index contributed by atoms with van der Waals surface area (Å²) in [6, 6.07) is 16.7. The highest BCUT2D eigenvalue weighted by molar-refractivity contribution is 7.07. The molecule has 4 aromatic rings. The molecule has 0 saturated carbocycles. The molecule has 0 bridgehead atoms. The van der Waals surface area contributed by atoms with E-state index in [2.05, 4.69) is 4.99 Å². The second kappa shape index (κ2) is 12.0. The molecule has 5 rings (SSSR count). The number of allylic oxidation sites excluding steroid dienone is 1. The van der Waals surface area contributed by atoms with E-state index in [1.165, 1.54) is 15.9 Å². The van der Waals surface area contributed by atoms with Gasteiger partial charge in [-0.05, 0) is 70.5 Å². The summed E-state index contributed by atoms with van der Waals surface area (Å²) in [6.07, 6.45) is 1.02. The van der Waals surface area contributed by atoms with Gasteiger partial charge < -0.3 is 13.9 Å². The Morgan fingerprint density at radius 1 is 0.976 bits per heavy atom. The Labute approximate surface area is 251 Å². The van der Waals surface area contributed by atoms with Gasteiger partial charge >= 0.3 is 11.9 Å². The van der Waals surface area contributed by atoms with Crippen molar-refractivity contribution in [3.8, 4) is 11.3 Å². The highest BCUT2D eigenvalue weighted by Crippen LogP contribution is 2.32. The van der Waals surface area contributed by atoms with Crippen LogP contribution in [0, 0.1) is 0 Å². The van der Waals surface area contributed by atoms with Crippen molar-refractivity contribution >= 4 is 41.0 Å². The third-order valence-corrected chi connectivity index (χ3v) is 7.66. The summed E-state index contributed by atoms with van der Waals surface area (Å²) in [5.74, 6) is -0.110. The van der Waals surface area contributed by atoms with Crippen LogP contribution in [-0.2, 0) is 14.3 Å². The summed E-state index contributed by atoms with van der Waals surface area (Å²) in [6.45, 7) is 8.85. The van der Waals surface area contributed by atoms with Gasteiger partial charge in [0.2, 0.25) is 0 Å². The van der Waals surface area contributed by atoms with Crippen molar-refractivity contribution in [2.75, 3.05) is 0 Å². The van der Waals surface area contributed by atoms with Crippen LogP contribution in [0.3, 0.4) is 0 Å². The van der Waals surface area contributed by atoms with Crippen LogP contribution in [0.5, 0.6) is 0 Å². The number of furan rings is 1. The van der Waals surface area contributed by atoms with Gasteiger partial charge in [-0.2, -0.15) is 0 Å². The van der Waals surface area contributed by atoms with Crippen LogP contribution in [0.1, 0.15) is 62.3 Å². The Balaban J connectivity index is 1.59. The topological polar surface area (TPSA) is 100 Å². The molecular weight excluding hydrogens is 576 g/mol. The van der Waals surface area contributed by atoms with Crippen LogP contribution in [-0.4, -0.2) is 28.7 Å². The van der Waals surface area contributed by atoms with Gasteiger partial charge in [0.15, 0.2) is 4.80 Å². The molecule has 0 aliphatic carbocycles. The summed E-state index contributed by atoms with van der Waals surface area (Å²) in [4.78, 5) is 44.8. The number of thiazole rings is 1. The van der Waals surface area contributed by atoms with Crippen LogP contribution in [0.4, 0.5) is 0 Å². The van der Waals surface area contributed by atoms with E-state index in [0.717, 1.165) is 0 Å². The minimum atomic E-state index is -0.752. The molecule has 1 unspecified atom stereocenters. The zero-order chi connectivity index (χ0) is 30.1. The summed E-state index contributed by atoms with van der Waals surface area (Å²) >= 11 is 7.33. The number of aromatic nitrogens is 1. The number of fused-ring (bicyclic) bond motifs is 1. The Morgan fingerprint density at radius 3 is 2.33 bits per heavy atom. The molecule has 0 radical (unpaired) electrons. The second-order valence-corrected chi connectivity index (χ2v) is 11.7. The summed E-state index contributed by atoms with van der Waals surface area (Å²) < 4.78 is 18.9. The van der Waals surface area contributed by atoms with E-state index in [1.807, 2.05) is 6.07 Å². The van der Waals surface area contributed by atoms with E-state index in [0.29, 0.717) is 48.3 Å². The van der Waals surface area contributed by atoms with Gasteiger partial charge in [0.1, 0.15) is 11.5 Å². The number of benzene rings is 2. The first-order valence-corrected chi connectivity index (χ1v) is 14.6. The molecule has 0 amide bonds. The number of esters is 2. The van der Waals surface area contributed by atoms with Crippen LogP contribution in [0.2, 0.25) is 5.02 Å². The van der Waals surface area contributed by atoms with Crippen molar-refractivity contribution in [3.63, 3.8) is 0 Å². The molecule has 3 heterocycles. The Bertz CT molecular complexity index is 1880. The number of ether oxygens (including phenoxy) is 2. The van der Waals surface area contributed by atoms with Gasteiger partial charge in [0.05, 0.1) is 39.6 Å². The maximum atomic E-state index is 13.9. The average Bonchev–Trinajstić information content (AvgIpc) is 3.52. The molecule has 1 atom stereocenters. The number of halogens is 1. The summed E-state index contributed by atoms with van der Waals surface area (Å²) in [5, 5.41) is 0.533. The predicted octanol–water partition coefficient (Wildman–Crippen LogP) is 5.67. The van der Waals surface area contributed by atoms with Gasteiger partial charge in [-0.15, -0.1) is 0 Å². The number of rotatable bonds is 7. The molecule has 42 heavy (non-hydrogen) atoms. The number of carbonyl (C=O) groups is 2. The monoisotopic (exact) mass is 604 g/mol. The van der Waals surface area contributed by atoms with Crippen molar-refractivity contribution in [2.45, 2.75) is 52.9 Å². The minimum Gasteiger partial charge on any atom is -0.459 e. The third kappa shape index (κ3) is 5.89.